The second-order valence-electron chi connectivity index (χ2n) is 6.62. The number of rotatable bonds is 6. The first kappa shape index (κ1) is 19.0. The topological polar surface area (TPSA) is 77.1 Å². The Hall–Kier alpha value is -2.80. The van der Waals surface area contributed by atoms with E-state index in [2.05, 4.69) is 15.0 Å². The highest BCUT2D eigenvalue weighted by molar-refractivity contribution is 5.85. The smallest absolute Gasteiger partial charge is 0.262 e. The van der Waals surface area contributed by atoms with Crippen molar-refractivity contribution in [2.24, 2.45) is 0 Å². The summed E-state index contributed by atoms with van der Waals surface area (Å²) in [7, 11) is 0. The Morgan fingerprint density at radius 1 is 1.07 bits per heavy atom. The lowest BCUT2D eigenvalue weighted by atomic mass is 10.1. The molecule has 2 aromatic heterocycles. The Morgan fingerprint density at radius 3 is 2.44 bits per heavy atom. The molecule has 142 valence electrons. The number of nitrogens with one attached hydrogen (secondary N) is 1. The highest BCUT2D eigenvalue weighted by Gasteiger charge is 2.14. The van der Waals surface area contributed by atoms with Crippen LogP contribution in [0.1, 0.15) is 25.2 Å². The van der Waals surface area contributed by atoms with Gasteiger partial charge in [0.2, 0.25) is 0 Å². The minimum absolute atomic E-state index is 0.0674. The summed E-state index contributed by atoms with van der Waals surface area (Å²) in [6, 6.07) is 6.05. The van der Waals surface area contributed by atoms with Crippen LogP contribution in [0.4, 0.5) is 4.39 Å². The monoisotopic (exact) mass is 371 g/mol. The first-order valence-electron chi connectivity index (χ1n) is 8.77. The summed E-state index contributed by atoms with van der Waals surface area (Å²) >= 11 is 0. The van der Waals surface area contributed by atoms with Gasteiger partial charge in [0, 0.05) is 29.1 Å². The molecular formula is C20H22FN3O3. The molecule has 0 fully saturated rings. The zero-order chi connectivity index (χ0) is 19.6. The quantitative estimate of drug-likeness (QED) is 0.671. The minimum atomic E-state index is -0.520. The van der Waals surface area contributed by atoms with Gasteiger partial charge in [0.05, 0.1) is 18.2 Å². The summed E-state index contributed by atoms with van der Waals surface area (Å²) in [6.07, 6.45) is 0.0674. The van der Waals surface area contributed by atoms with Gasteiger partial charge in [-0.25, -0.2) is 9.37 Å². The van der Waals surface area contributed by atoms with E-state index >= 15 is 0 Å². The van der Waals surface area contributed by atoms with Crippen LogP contribution in [0.15, 0.2) is 29.1 Å². The molecule has 0 spiro atoms. The fourth-order valence-corrected chi connectivity index (χ4v) is 2.86. The zero-order valence-corrected chi connectivity index (χ0v) is 15.8. The summed E-state index contributed by atoms with van der Waals surface area (Å²) in [4.78, 5) is 24.2. The maximum atomic E-state index is 14.1. The molecule has 3 aromatic rings. The van der Waals surface area contributed by atoms with Crippen LogP contribution in [-0.2, 0) is 4.74 Å². The van der Waals surface area contributed by atoms with Crippen LogP contribution in [0.25, 0.3) is 22.3 Å². The van der Waals surface area contributed by atoms with Crippen molar-refractivity contribution in [3.8, 4) is 17.1 Å². The Morgan fingerprint density at radius 2 is 1.78 bits per heavy atom. The number of halogens is 1. The molecular weight excluding hydrogens is 349 g/mol. The molecule has 1 N–H and O–H groups in total. The van der Waals surface area contributed by atoms with Crippen molar-refractivity contribution in [3.05, 3.63) is 51.8 Å². The summed E-state index contributed by atoms with van der Waals surface area (Å²) in [5.74, 6) is -0.00560. The first-order chi connectivity index (χ1) is 12.8. The number of benzene rings is 1. The maximum Gasteiger partial charge on any atom is 0.262 e. The molecule has 0 atom stereocenters. The third-order valence-corrected chi connectivity index (χ3v) is 3.88. The van der Waals surface area contributed by atoms with E-state index in [1.165, 1.54) is 12.1 Å². The molecule has 2 heterocycles. The third-order valence-electron chi connectivity index (χ3n) is 3.88. The van der Waals surface area contributed by atoms with E-state index in [9.17, 15) is 9.18 Å². The Bertz CT molecular complexity index is 1010. The summed E-state index contributed by atoms with van der Waals surface area (Å²) in [6.45, 7) is 8.10. The number of aromatic amines is 1. The molecule has 1 aromatic carbocycles. The maximum absolute atomic E-state index is 14.1. The molecule has 0 saturated carbocycles. The van der Waals surface area contributed by atoms with Gasteiger partial charge in [-0.05, 0) is 39.8 Å². The van der Waals surface area contributed by atoms with Crippen molar-refractivity contribution in [1.82, 2.24) is 15.0 Å². The number of ether oxygens (including phenoxy) is 2. The van der Waals surface area contributed by atoms with E-state index in [-0.39, 0.29) is 34.9 Å². The van der Waals surface area contributed by atoms with E-state index in [4.69, 9.17) is 9.47 Å². The molecule has 0 aliphatic heterocycles. The average molecular weight is 371 g/mol. The minimum Gasteiger partial charge on any atom is -0.490 e. The highest BCUT2D eigenvalue weighted by atomic mass is 19.1. The third kappa shape index (κ3) is 4.49. The predicted octanol–water partition coefficient (Wildman–Crippen LogP) is 3.54. The predicted molar refractivity (Wildman–Crippen MR) is 102 cm³/mol. The number of H-pyrrole nitrogens is 1. The number of pyridine rings is 1. The van der Waals surface area contributed by atoms with Crippen molar-refractivity contribution in [3.63, 3.8) is 0 Å². The number of fused-ring (bicyclic) bond motifs is 1. The molecule has 0 aliphatic carbocycles. The Labute approximate surface area is 156 Å². The van der Waals surface area contributed by atoms with Crippen molar-refractivity contribution in [1.29, 1.82) is 0 Å². The van der Waals surface area contributed by atoms with E-state index in [1.807, 2.05) is 39.8 Å². The van der Waals surface area contributed by atoms with Gasteiger partial charge in [0.15, 0.2) is 0 Å². The second-order valence-corrected chi connectivity index (χ2v) is 6.62. The van der Waals surface area contributed by atoms with Crippen molar-refractivity contribution in [2.75, 3.05) is 13.2 Å². The lowest BCUT2D eigenvalue weighted by Crippen LogP contribution is -2.15. The normalized spacial score (nSPS) is 11.3. The largest absolute Gasteiger partial charge is 0.490 e. The van der Waals surface area contributed by atoms with Gasteiger partial charge in [-0.3, -0.25) is 9.78 Å². The van der Waals surface area contributed by atoms with Crippen molar-refractivity contribution < 1.29 is 13.9 Å². The van der Waals surface area contributed by atoms with Crippen molar-refractivity contribution >= 4 is 10.9 Å². The molecule has 7 heteroatoms. The molecule has 0 unspecified atom stereocenters. The van der Waals surface area contributed by atoms with Crippen LogP contribution in [0.3, 0.4) is 0 Å². The van der Waals surface area contributed by atoms with E-state index < -0.39 is 5.82 Å². The fraction of sp³-hybridized carbons (Fsp3) is 0.350. The molecule has 0 amide bonds. The van der Waals surface area contributed by atoms with E-state index in [1.54, 1.807) is 0 Å². The number of hydrogen-bond donors (Lipinski definition) is 1. The molecule has 6 nitrogen and oxygen atoms in total. The van der Waals surface area contributed by atoms with Gasteiger partial charge in [-0.15, -0.1) is 0 Å². The highest BCUT2D eigenvalue weighted by Crippen LogP contribution is 2.25. The number of nitrogens with zero attached hydrogens (tertiary/aromatic N) is 2. The van der Waals surface area contributed by atoms with Crippen LogP contribution in [0, 0.1) is 19.7 Å². The lowest BCUT2D eigenvalue weighted by molar-refractivity contribution is 0.0555. The SMILES string of the molecule is Cc1cc(-c2nc3cc(F)cc(OCCOC(C)C)c3c(=O)[nH]2)cc(C)n1. The summed E-state index contributed by atoms with van der Waals surface area (Å²) in [5, 5.41) is 0.215. The zero-order valence-electron chi connectivity index (χ0n) is 15.8. The second kappa shape index (κ2) is 7.84. The molecule has 0 radical (unpaired) electrons. The molecule has 3 rings (SSSR count). The van der Waals surface area contributed by atoms with Crippen LogP contribution in [0.2, 0.25) is 0 Å². The lowest BCUT2D eigenvalue weighted by Gasteiger charge is -2.12. The van der Waals surface area contributed by atoms with Gasteiger partial charge >= 0.3 is 0 Å². The van der Waals surface area contributed by atoms with Gasteiger partial charge in [-0.2, -0.15) is 0 Å². The fourth-order valence-electron chi connectivity index (χ4n) is 2.86. The van der Waals surface area contributed by atoms with Crippen LogP contribution >= 0.6 is 0 Å². The van der Waals surface area contributed by atoms with Gasteiger partial charge in [0.1, 0.15) is 29.4 Å². The molecule has 27 heavy (non-hydrogen) atoms. The van der Waals surface area contributed by atoms with E-state index in [0.29, 0.717) is 12.4 Å². The van der Waals surface area contributed by atoms with Gasteiger partial charge in [-0.1, -0.05) is 0 Å². The van der Waals surface area contributed by atoms with Gasteiger partial charge in [0.25, 0.3) is 5.56 Å². The van der Waals surface area contributed by atoms with Gasteiger partial charge < -0.3 is 14.5 Å². The van der Waals surface area contributed by atoms with Crippen LogP contribution in [-0.4, -0.2) is 34.3 Å². The standard InChI is InChI=1S/C20H22FN3O3/c1-11(2)26-5-6-27-17-10-15(21)9-16-18(17)20(25)24-19(23-16)14-7-12(3)22-13(4)8-14/h7-11H,5-6H2,1-4H3,(H,23,24,25). The summed E-state index contributed by atoms with van der Waals surface area (Å²) < 4.78 is 25.0. The van der Waals surface area contributed by atoms with Crippen LogP contribution < -0.4 is 10.3 Å². The van der Waals surface area contributed by atoms with Crippen molar-refractivity contribution in [2.45, 2.75) is 33.8 Å². The molecule has 0 aliphatic rings. The summed E-state index contributed by atoms with van der Waals surface area (Å²) in [5.41, 5.74) is 2.18. The molecule has 0 saturated heterocycles. The number of aromatic nitrogens is 3. The van der Waals surface area contributed by atoms with Crippen LogP contribution in [0.5, 0.6) is 5.75 Å². The van der Waals surface area contributed by atoms with E-state index in [0.717, 1.165) is 17.0 Å². The first-order valence-corrected chi connectivity index (χ1v) is 8.77. The number of aryl methyl sites for hydroxylation is 2. The molecule has 0 bridgehead atoms. The Kier molecular flexibility index (Phi) is 5.51. The average Bonchev–Trinajstić information content (AvgIpc) is 2.56. The number of hydrogen-bond acceptors (Lipinski definition) is 5. The Balaban J connectivity index is 2.02.